The third-order valence-corrected chi connectivity index (χ3v) is 6.42. The molecule has 1 saturated heterocycles. The third-order valence-electron chi connectivity index (χ3n) is 6.42. The predicted octanol–water partition coefficient (Wildman–Crippen LogP) is 1.20. The minimum atomic E-state index is -0.826. The normalized spacial score (nSPS) is 16.6. The van der Waals surface area contributed by atoms with E-state index in [-0.39, 0.29) is 31.3 Å². The van der Waals surface area contributed by atoms with Crippen LogP contribution in [-0.4, -0.2) is 67.6 Å². The number of carbonyl (C=O) groups excluding carboxylic acids is 3. The highest BCUT2D eigenvalue weighted by molar-refractivity contribution is 6.27. The van der Waals surface area contributed by atoms with Gasteiger partial charge in [-0.05, 0) is 12.1 Å². The van der Waals surface area contributed by atoms with Crippen molar-refractivity contribution in [3.63, 3.8) is 0 Å². The van der Waals surface area contributed by atoms with Gasteiger partial charge in [0.25, 0.3) is 5.91 Å². The van der Waals surface area contributed by atoms with Crippen LogP contribution in [0.5, 0.6) is 5.75 Å². The number of halogens is 1. The number of morpholine rings is 1. The lowest BCUT2D eigenvalue weighted by molar-refractivity contribution is -0.131. The van der Waals surface area contributed by atoms with Crippen molar-refractivity contribution in [3.05, 3.63) is 64.5 Å². The molecule has 2 aromatic rings. The first-order valence-electron chi connectivity index (χ1n) is 11.8. The van der Waals surface area contributed by atoms with E-state index in [1.165, 1.54) is 4.90 Å². The van der Waals surface area contributed by atoms with Crippen LogP contribution in [-0.2, 0) is 34.0 Å². The van der Waals surface area contributed by atoms with Crippen molar-refractivity contribution in [2.24, 2.45) is 0 Å². The van der Waals surface area contributed by atoms with Gasteiger partial charge in [-0.15, -0.1) is 0 Å². The van der Waals surface area contributed by atoms with Crippen molar-refractivity contribution in [1.82, 2.24) is 15.1 Å². The molecule has 0 aliphatic carbocycles. The Labute approximate surface area is 204 Å². The van der Waals surface area contributed by atoms with Gasteiger partial charge in [0, 0.05) is 48.3 Å². The Kier molecular flexibility index (Phi) is 7.82. The maximum atomic E-state index is 15.2. The molecule has 2 aliphatic heterocycles. The standard InChI is InChI=1S/C25H29BFN3O5/c1-2-21(31)28-24(32)23(26)30-14-19-18(25(30)33)7-4-8-20(19)35-15-17-6-3-5-16(22(17)27)13-29-9-11-34-12-10-29/h3-8,23H,2,9-15,26H2,1H3,(H,28,31,32). The third kappa shape index (κ3) is 5.54. The maximum absolute atomic E-state index is 15.2. The largest absolute Gasteiger partial charge is 0.488 e. The van der Waals surface area contributed by atoms with Crippen LogP contribution in [0.2, 0.25) is 0 Å². The Bertz CT molecular complexity index is 1120. The Balaban J connectivity index is 1.45. The summed E-state index contributed by atoms with van der Waals surface area (Å²) in [6.07, 6.45) is 0.175. The molecular weight excluding hydrogens is 452 g/mol. The van der Waals surface area contributed by atoms with Gasteiger partial charge in [-0.3, -0.25) is 24.6 Å². The van der Waals surface area contributed by atoms with Crippen LogP contribution >= 0.6 is 0 Å². The number of nitrogens with zero attached hydrogens (tertiary/aromatic N) is 2. The quantitative estimate of drug-likeness (QED) is 0.571. The van der Waals surface area contributed by atoms with Crippen LogP contribution in [0.25, 0.3) is 0 Å². The van der Waals surface area contributed by atoms with Crippen molar-refractivity contribution in [2.45, 2.75) is 39.0 Å². The van der Waals surface area contributed by atoms with E-state index >= 15 is 4.39 Å². The van der Waals surface area contributed by atoms with Crippen LogP contribution in [0.3, 0.4) is 0 Å². The first-order chi connectivity index (χ1) is 16.9. The summed E-state index contributed by atoms with van der Waals surface area (Å²) < 4.78 is 26.5. The van der Waals surface area contributed by atoms with E-state index in [4.69, 9.17) is 9.47 Å². The fourth-order valence-electron chi connectivity index (χ4n) is 4.27. The molecular formula is C25H29BFN3O5. The van der Waals surface area contributed by atoms with Crippen LogP contribution < -0.4 is 10.1 Å². The molecule has 0 saturated carbocycles. The second kappa shape index (κ2) is 11.0. The van der Waals surface area contributed by atoms with Gasteiger partial charge < -0.3 is 14.4 Å². The summed E-state index contributed by atoms with van der Waals surface area (Å²) in [5.41, 5.74) is 2.11. The highest BCUT2D eigenvalue weighted by Gasteiger charge is 2.35. The number of carbonyl (C=O) groups is 3. The molecule has 10 heteroatoms. The Morgan fingerprint density at radius 2 is 1.89 bits per heavy atom. The summed E-state index contributed by atoms with van der Waals surface area (Å²) in [6, 6.07) is 10.4. The molecule has 184 valence electrons. The van der Waals surface area contributed by atoms with E-state index in [9.17, 15) is 14.4 Å². The lowest BCUT2D eigenvalue weighted by Gasteiger charge is -2.27. The Morgan fingerprint density at radius 1 is 1.17 bits per heavy atom. The number of benzene rings is 2. The van der Waals surface area contributed by atoms with Crippen molar-refractivity contribution >= 4 is 25.6 Å². The highest BCUT2D eigenvalue weighted by Crippen LogP contribution is 2.32. The zero-order chi connectivity index (χ0) is 24.9. The summed E-state index contributed by atoms with van der Waals surface area (Å²) in [5.74, 6) is -1.89. The molecule has 4 rings (SSSR count). The van der Waals surface area contributed by atoms with Crippen LogP contribution in [0.15, 0.2) is 36.4 Å². The summed E-state index contributed by atoms with van der Waals surface area (Å²) >= 11 is 0. The number of nitrogens with one attached hydrogen (secondary N) is 1. The van der Waals surface area contributed by atoms with Crippen molar-refractivity contribution in [3.8, 4) is 5.75 Å². The van der Waals surface area contributed by atoms with Gasteiger partial charge in [-0.25, -0.2) is 4.39 Å². The number of amides is 3. The Hall–Kier alpha value is -3.24. The fraction of sp³-hybridized carbons (Fsp3) is 0.400. The van der Waals surface area contributed by atoms with Gasteiger partial charge in [0.15, 0.2) is 0 Å². The highest BCUT2D eigenvalue weighted by atomic mass is 19.1. The van der Waals surface area contributed by atoms with Crippen LogP contribution in [0.4, 0.5) is 4.39 Å². The molecule has 0 spiro atoms. The number of rotatable bonds is 8. The van der Waals surface area contributed by atoms with Gasteiger partial charge in [-0.1, -0.05) is 31.2 Å². The summed E-state index contributed by atoms with van der Waals surface area (Å²) in [4.78, 5) is 40.5. The SMILES string of the molecule is BC(C(=O)NC(=O)CC)N1Cc2c(OCc3cccc(CN4CCOCC4)c3F)cccc2C1=O. The average molecular weight is 481 g/mol. The van der Waals surface area contributed by atoms with Gasteiger partial charge in [0.2, 0.25) is 11.8 Å². The molecule has 2 aromatic carbocycles. The van der Waals surface area contributed by atoms with Gasteiger partial charge >= 0.3 is 0 Å². The number of fused-ring (bicyclic) bond motifs is 1. The molecule has 2 aliphatic rings. The molecule has 1 atom stereocenters. The predicted molar refractivity (Wildman–Crippen MR) is 129 cm³/mol. The van der Waals surface area contributed by atoms with E-state index in [0.717, 1.165) is 13.1 Å². The molecule has 0 aromatic heterocycles. The van der Waals surface area contributed by atoms with Gasteiger partial charge in [0.1, 0.15) is 26.0 Å². The lowest BCUT2D eigenvalue weighted by Crippen LogP contribution is -2.49. The summed E-state index contributed by atoms with van der Waals surface area (Å²) in [5, 5.41) is 2.30. The zero-order valence-electron chi connectivity index (χ0n) is 20.0. The fourth-order valence-corrected chi connectivity index (χ4v) is 4.27. The smallest absolute Gasteiger partial charge is 0.254 e. The zero-order valence-corrected chi connectivity index (χ0v) is 20.0. The summed E-state index contributed by atoms with van der Waals surface area (Å²) in [7, 11) is 1.58. The second-order valence-electron chi connectivity index (χ2n) is 8.72. The topological polar surface area (TPSA) is 88.2 Å². The van der Waals surface area contributed by atoms with Crippen molar-refractivity contribution in [1.29, 1.82) is 0 Å². The minimum absolute atomic E-state index is 0.00840. The van der Waals surface area contributed by atoms with E-state index in [1.807, 2.05) is 6.07 Å². The molecule has 1 unspecified atom stereocenters. The van der Waals surface area contributed by atoms with Gasteiger partial charge in [0.05, 0.1) is 25.7 Å². The van der Waals surface area contributed by atoms with Crippen LogP contribution in [0.1, 0.15) is 40.4 Å². The van der Waals surface area contributed by atoms with Gasteiger partial charge in [-0.2, -0.15) is 0 Å². The minimum Gasteiger partial charge on any atom is -0.488 e. The monoisotopic (exact) mass is 481 g/mol. The van der Waals surface area contributed by atoms with Crippen molar-refractivity contribution < 1.29 is 28.2 Å². The van der Waals surface area contributed by atoms with E-state index in [2.05, 4.69) is 10.2 Å². The maximum Gasteiger partial charge on any atom is 0.254 e. The molecule has 1 fully saturated rings. The Morgan fingerprint density at radius 3 is 2.63 bits per heavy atom. The second-order valence-corrected chi connectivity index (χ2v) is 8.72. The van der Waals surface area contributed by atoms with E-state index < -0.39 is 17.8 Å². The molecule has 0 bridgehead atoms. The first kappa shape index (κ1) is 24.9. The van der Waals surface area contributed by atoms with E-state index in [0.29, 0.717) is 47.8 Å². The molecule has 2 heterocycles. The van der Waals surface area contributed by atoms with E-state index in [1.54, 1.807) is 45.1 Å². The number of imide groups is 1. The molecule has 3 amide bonds. The molecule has 0 radical (unpaired) electrons. The number of hydrogen-bond acceptors (Lipinski definition) is 6. The lowest BCUT2D eigenvalue weighted by atomic mass is 9.93. The molecule has 1 N–H and O–H groups in total. The van der Waals surface area contributed by atoms with Crippen molar-refractivity contribution in [2.75, 3.05) is 26.3 Å². The number of ether oxygens (including phenoxy) is 2. The molecule has 8 nitrogen and oxygen atoms in total. The first-order valence-corrected chi connectivity index (χ1v) is 11.8. The number of hydrogen-bond donors (Lipinski definition) is 1. The summed E-state index contributed by atoms with van der Waals surface area (Å²) in [6.45, 7) is 5.16. The average Bonchev–Trinajstić information content (AvgIpc) is 3.21. The molecule has 35 heavy (non-hydrogen) atoms. The van der Waals surface area contributed by atoms with Crippen LogP contribution in [0, 0.1) is 5.82 Å².